The molecular weight excluding hydrogens is 514 g/mol. The first-order valence-electron chi connectivity index (χ1n) is 13.3. The Hall–Kier alpha value is -4.54. The maximum absolute atomic E-state index is 13.5. The zero-order valence-corrected chi connectivity index (χ0v) is 22.8. The van der Waals surface area contributed by atoms with Gasteiger partial charge in [-0.05, 0) is 49.2 Å². The van der Waals surface area contributed by atoms with E-state index in [0.29, 0.717) is 29.2 Å². The van der Waals surface area contributed by atoms with Crippen LogP contribution in [0.25, 0.3) is 0 Å². The average Bonchev–Trinajstić information content (AvgIpc) is 3.53. The van der Waals surface area contributed by atoms with Crippen molar-refractivity contribution in [2.75, 3.05) is 26.8 Å². The summed E-state index contributed by atoms with van der Waals surface area (Å²) in [7, 11) is 1.49. The van der Waals surface area contributed by atoms with Crippen LogP contribution in [-0.2, 0) is 17.9 Å². The molecule has 0 unspecified atom stereocenters. The second-order valence-corrected chi connectivity index (χ2v) is 9.89. The SMILES string of the molecule is CCCn1ncc(C(=O)N2C[C@@H]3NC(=O)c4ccc(OC)c(c4)OCC(=O)NCc4ccc(cc4)O[C@H]3C2)c1C. The molecule has 1 fully saturated rings. The largest absolute Gasteiger partial charge is 0.493 e. The van der Waals surface area contributed by atoms with Gasteiger partial charge in [0.25, 0.3) is 17.7 Å². The van der Waals surface area contributed by atoms with E-state index in [1.54, 1.807) is 23.2 Å². The molecule has 4 bridgehead atoms. The van der Waals surface area contributed by atoms with Crippen LogP contribution in [0.2, 0.25) is 0 Å². The van der Waals surface area contributed by atoms with Gasteiger partial charge in [0.1, 0.15) is 11.9 Å². The van der Waals surface area contributed by atoms with Gasteiger partial charge in [0.2, 0.25) is 0 Å². The first-order chi connectivity index (χ1) is 19.4. The van der Waals surface area contributed by atoms with Gasteiger partial charge < -0.3 is 29.7 Å². The molecular formula is C29H33N5O6. The number of methoxy groups -OCH3 is 1. The number of aryl methyl sites for hydroxylation is 1. The van der Waals surface area contributed by atoms with Gasteiger partial charge in [-0.3, -0.25) is 19.1 Å². The number of ether oxygens (including phenoxy) is 3. The second-order valence-electron chi connectivity index (χ2n) is 9.89. The maximum atomic E-state index is 13.5. The van der Waals surface area contributed by atoms with Crippen molar-refractivity contribution in [3.63, 3.8) is 0 Å². The Balaban J connectivity index is 1.44. The van der Waals surface area contributed by atoms with Crippen molar-refractivity contribution in [2.45, 2.75) is 45.5 Å². The molecule has 0 saturated carbocycles. The lowest BCUT2D eigenvalue weighted by atomic mass is 10.1. The Morgan fingerprint density at radius 1 is 1.15 bits per heavy atom. The molecule has 40 heavy (non-hydrogen) atoms. The normalized spacial score (nSPS) is 19.1. The summed E-state index contributed by atoms with van der Waals surface area (Å²) >= 11 is 0. The molecule has 11 heteroatoms. The number of benzene rings is 2. The van der Waals surface area contributed by atoms with Gasteiger partial charge in [-0.2, -0.15) is 5.10 Å². The zero-order valence-electron chi connectivity index (χ0n) is 22.8. The minimum Gasteiger partial charge on any atom is -0.493 e. The van der Waals surface area contributed by atoms with E-state index >= 15 is 0 Å². The Morgan fingerprint density at radius 2 is 1.95 bits per heavy atom. The number of carbonyl (C=O) groups excluding carboxylic acids is 3. The van der Waals surface area contributed by atoms with Crippen LogP contribution in [0.3, 0.4) is 0 Å². The summed E-state index contributed by atoms with van der Waals surface area (Å²) < 4.78 is 19.2. The third-order valence-electron chi connectivity index (χ3n) is 7.12. The molecule has 0 spiro atoms. The van der Waals surface area contributed by atoms with Gasteiger partial charge in [-0.15, -0.1) is 0 Å². The summed E-state index contributed by atoms with van der Waals surface area (Å²) in [5.74, 6) is 0.441. The lowest BCUT2D eigenvalue weighted by molar-refractivity contribution is -0.123. The molecule has 3 aliphatic heterocycles. The molecule has 3 aromatic rings. The van der Waals surface area contributed by atoms with Crippen molar-refractivity contribution < 1.29 is 28.6 Å². The van der Waals surface area contributed by atoms with Crippen molar-refractivity contribution in [1.29, 1.82) is 0 Å². The average molecular weight is 548 g/mol. The molecule has 0 radical (unpaired) electrons. The smallest absolute Gasteiger partial charge is 0.258 e. The number of aromatic nitrogens is 2. The fraction of sp³-hybridized carbons (Fsp3) is 0.379. The summed E-state index contributed by atoms with van der Waals surface area (Å²) in [4.78, 5) is 40.9. The molecule has 2 atom stereocenters. The van der Waals surface area contributed by atoms with Crippen molar-refractivity contribution >= 4 is 17.7 Å². The van der Waals surface area contributed by atoms with E-state index in [4.69, 9.17) is 14.2 Å². The van der Waals surface area contributed by atoms with Gasteiger partial charge in [0.05, 0.1) is 31.5 Å². The summed E-state index contributed by atoms with van der Waals surface area (Å²) in [6.07, 6.45) is 2.02. The van der Waals surface area contributed by atoms with E-state index in [1.807, 2.05) is 35.9 Å². The van der Waals surface area contributed by atoms with E-state index in [1.165, 1.54) is 13.2 Å². The number of likely N-dealkylation sites (tertiary alicyclic amines) is 1. The number of fused-ring (bicyclic) bond motifs is 7. The van der Waals surface area contributed by atoms with Crippen LogP contribution in [0.1, 0.15) is 45.3 Å². The molecule has 2 N–H and O–H groups in total. The highest BCUT2D eigenvalue weighted by Crippen LogP contribution is 2.29. The van der Waals surface area contributed by atoms with Crippen LogP contribution in [0.15, 0.2) is 48.7 Å². The standard InChI is InChI=1S/C29H33N5O6/c1-4-11-34-18(2)22(14-31-34)29(37)33-15-23-26(16-33)40-21-8-5-19(6-9-21)13-30-27(35)17-39-25-12-20(28(36)32-23)7-10-24(25)38-3/h5-10,12,14,23,26H,4,11,13,15-17H2,1-3H3,(H,30,35)(H,32,36)/t23-,26-/m0/s1. The topological polar surface area (TPSA) is 124 Å². The second kappa shape index (κ2) is 11.7. The third-order valence-corrected chi connectivity index (χ3v) is 7.12. The lowest BCUT2D eigenvalue weighted by Crippen LogP contribution is -2.45. The molecule has 1 saturated heterocycles. The Kier molecular flexibility index (Phi) is 7.90. The quantitative estimate of drug-likeness (QED) is 0.514. The third kappa shape index (κ3) is 5.73. The maximum Gasteiger partial charge on any atom is 0.258 e. The molecule has 0 aliphatic carbocycles. The van der Waals surface area contributed by atoms with Crippen LogP contribution < -0.4 is 24.8 Å². The van der Waals surface area contributed by atoms with Crippen LogP contribution >= 0.6 is 0 Å². The predicted octanol–water partition coefficient (Wildman–Crippen LogP) is 2.32. The summed E-state index contributed by atoms with van der Waals surface area (Å²) in [5.41, 5.74) is 2.56. The van der Waals surface area contributed by atoms with E-state index in [-0.39, 0.29) is 43.2 Å². The minimum atomic E-state index is -0.492. The summed E-state index contributed by atoms with van der Waals surface area (Å²) in [6, 6.07) is 11.6. The molecule has 210 valence electrons. The number of hydrogen-bond acceptors (Lipinski definition) is 7. The van der Waals surface area contributed by atoms with Gasteiger partial charge in [-0.1, -0.05) is 19.1 Å². The highest BCUT2D eigenvalue weighted by Gasteiger charge is 2.39. The first kappa shape index (κ1) is 27.0. The number of nitrogens with one attached hydrogen (secondary N) is 2. The van der Waals surface area contributed by atoms with Crippen molar-refractivity contribution in [3.05, 3.63) is 71.0 Å². The van der Waals surface area contributed by atoms with Gasteiger partial charge in [0, 0.05) is 30.9 Å². The zero-order chi connectivity index (χ0) is 28.2. The molecule has 3 amide bonds. The summed E-state index contributed by atoms with van der Waals surface area (Å²) in [5, 5.41) is 10.2. The van der Waals surface area contributed by atoms with E-state index < -0.39 is 12.1 Å². The van der Waals surface area contributed by atoms with Crippen LogP contribution in [0, 0.1) is 6.92 Å². The van der Waals surface area contributed by atoms with Crippen molar-refractivity contribution in [3.8, 4) is 17.2 Å². The van der Waals surface area contributed by atoms with Gasteiger partial charge >= 0.3 is 0 Å². The Labute approximate surface area is 232 Å². The fourth-order valence-corrected chi connectivity index (χ4v) is 4.90. The molecule has 2 aromatic carbocycles. The lowest BCUT2D eigenvalue weighted by Gasteiger charge is -2.21. The molecule has 6 rings (SSSR count). The number of nitrogens with zero attached hydrogens (tertiary/aromatic N) is 3. The minimum absolute atomic E-state index is 0.154. The fourth-order valence-electron chi connectivity index (χ4n) is 4.90. The molecule has 1 aromatic heterocycles. The first-order valence-corrected chi connectivity index (χ1v) is 13.3. The van der Waals surface area contributed by atoms with Crippen LogP contribution in [0.5, 0.6) is 17.2 Å². The van der Waals surface area contributed by atoms with Crippen molar-refractivity contribution in [2.24, 2.45) is 0 Å². The van der Waals surface area contributed by atoms with Gasteiger partial charge in [-0.25, -0.2) is 0 Å². The molecule has 11 nitrogen and oxygen atoms in total. The number of carbonyl (C=O) groups is 3. The number of hydrogen-bond donors (Lipinski definition) is 2. The van der Waals surface area contributed by atoms with E-state index in [2.05, 4.69) is 22.7 Å². The van der Waals surface area contributed by atoms with Gasteiger partial charge in [0.15, 0.2) is 18.1 Å². The van der Waals surface area contributed by atoms with Crippen molar-refractivity contribution in [1.82, 2.24) is 25.3 Å². The van der Waals surface area contributed by atoms with Crippen LogP contribution in [0.4, 0.5) is 0 Å². The number of amides is 3. The number of rotatable bonds is 4. The highest BCUT2D eigenvalue weighted by molar-refractivity contribution is 5.96. The molecule has 4 heterocycles. The molecule has 3 aliphatic rings. The van der Waals surface area contributed by atoms with E-state index in [9.17, 15) is 14.4 Å². The monoisotopic (exact) mass is 547 g/mol. The Morgan fingerprint density at radius 3 is 2.70 bits per heavy atom. The van der Waals surface area contributed by atoms with E-state index in [0.717, 1.165) is 24.2 Å². The highest BCUT2D eigenvalue weighted by atomic mass is 16.5. The van der Waals surface area contributed by atoms with Crippen LogP contribution in [-0.4, -0.2) is 71.4 Å². The summed E-state index contributed by atoms with van der Waals surface area (Å²) in [6.45, 7) is 5.32. The Bertz CT molecular complexity index is 1400. The predicted molar refractivity (Wildman–Crippen MR) is 146 cm³/mol.